The van der Waals surface area contributed by atoms with E-state index in [-0.39, 0.29) is 17.6 Å². The zero-order valence-corrected chi connectivity index (χ0v) is 24.0. The van der Waals surface area contributed by atoms with E-state index in [1.165, 1.54) is 11.6 Å². The van der Waals surface area contributed by atoms with E-state index >= 15 is 0 Å². The molecule has 0 atom stereocenters. The number of hydrogen-bond donors (Lipinski definition) is 3. The van der Waals surface area contributed by atoms with Crippen LogP contribution in [0, 0.1) is 5.82 Å². The maximum Gasteiger partial charge on any atom is 0.411 e. The number of likely N-dealkylation sites (tertiary alicyclic amines) is 1. The highest BCUT2D eigenvalue weighted by Gasteiger charge is 2.22. The molecule has 0 unspecified atom stereocenters. The van der Waals surface area contributed by atoms with Gasteiger partial charge < -0.3 is 20.1 Å². The number of phenols is 1. The second-order valence-electron chi connectivity index (χ2n) is 10.7. The Balaban J connectivity index is 1.00. The van der Waals surface area contributed by atoms with Gasteiger partial charge >= 0.3 is 6.09 Å². The molecular formula is C35H36FN3O4. The van der Waals surface area contributed by atoms with Crippen molar-refractivity contribution in [2.24, 2.45) is 0 Å². The molecule has 0 bridgehead atoms. The quantitative estimate of drug-likeness (QED) is 0.201. The van der Waals surface area contributed by atoms with Crippen LogP contribution >= 0.6 is 0 Å². The fourth-order valence-corrected chi connectivity index (χ4v) is 5.24. The van der Waals surface area contributed by atoms with Crippen LogP contribution in [0.5, 0.6) is 5.75 Å². The SMILES string of the molecule is O=C(Nc1ccccc1-c1ccccc1)OC1CCN(CCc2ccc(CCNC(=O)c3ccc(F)c(O)c3)cc2)CC1. The lowest BCUT2D eigenvalue weighted by atomic mass is 10.0. The number of carbonyl (C=O) groups is 2. The molecule has 222 valence electrons. The van der Waals surface area contributed by atoms with Gasteiger partial charge in [-0.15, -0.1) is 0 Å². The molecule has 4 aromatic carbocycles. The van der Waals surface area contributed by atoms with Crippen LogP contribution in [0.25, 0.3) is 11.1 Å². The van der Waals surface area contributed by atoms with Crippen LogP contribution in [0.4, 0.5) is 14.9 Å². The largest absolute Gasteiger partial charge is 0.505 e. The molecule has 4 aromatic rings. The van der Waals surface area contributed by atoms with Crippen LogP contribution < -0.4 is 10.6 Å². The highest BCUT2D eigenvalue weighted by Crippen LogP contribution is 2.28. The summed E-state index contributed by atoms with van der Waals surface area (Å²) in [6.45, 7) is 3.12. The molecule has 43 heavy (non-hydrogen) atoms. The summed E-state index contributed by atoms with van der Waals surface area (Å²) in [5.74, 6) is -1.64. The van der Waals surface area contributed by atoms with Crippen molar-refractivity contribution in [1.82, 2.24) is 10.2 Å². The number of nitrogens with one attached hydrogen (secondary N) is 2. The molecule has 0 spiro atoms. The Hall–Kier alpha value is -4.69. The normalized spacial score (nSPS) is 13.8. The van der Waals surface area contributed by atoms with Crippen LogP contribution in [0.3, 0.4) is 0 Å². The zero-order valence-electron chi connectivity index (χ0n) is 24.0. The molecule has 0 aliphatic carbocycles. The van der Waals surface area contributed by atoms with Gasteiger partial charge in [-0.1, -0.05) is 72.8 Å². The Morgan fingerprint density at radius 3 is 2.26 bits per heavy atom. The minimum absolute atomic E-state index is 0.103. The summed E-state index contributed by atoms with van der Waals surface area (Å²) in [4.78, 5) is 27.3. The maximum absolute atomic E-state index is 13.2. The molecule has 0 saturated carbocycles. The van der Waals surface area contributed by atoms with Crippen molar-refractivity contribution >= 4 is 17.7 Å². The van der Waals surface area contributed by atoms with Gasteiger partial charge in [0.2, 0.25) is 0 Å². The molecule has 1 fully saturated rings. The number of amides is 2. The fourth-order valence-electron chi connectivity index (χ4n) is 5.24. The number of ether oxygens (including phenoxy) is 1. The van der Waals surface area contributed by atoms with Crippen LogP contribution in [0.1, 0.15) is 34.3 Å². The van der Waals surface area contributed by atoms with E-state index in [1.807, 2.05) is 54.6 Å². The van der Waals surface area contributed by atoms with E-state index in [0.29, 0.717) is 13.0 Å². The van der Waals surface area contributed by atoms with Crippen LogP contribution in [-0.4, -0.2) is 54.3 Å². The minimum atomic E-state index is -0.753. The predicted octanol–water partition coefficient (Wildman–Crippen LogP) is 6.43. The van der Waals surface area contributed by atoms with Gasteiger partial charge in [0.25, 0.3) is 5.91 Å². The number of phenolic OH excluding ortho intramolecular Hbond substituents is 1. The van der Waals surface area contributed by atoms with E-state index in [9.17, 15) is 19.1 Å². The van der Waals surface area contributed by atoms with Gasteiger partial charge in [0.1, 0.15) is 6.10 Å². The van der Waals surface area contributed by atoms with E-state index in [0.717, 1.165) is 73.4 Å². The highest BCUT2D eigenvalue weighted by molar-refractivity contribution is 5.94. The lowest BCUT2D eigenvalue weighted by molar-refractivity contribution is 0.0593. The number of anilines is 1. The topological polar surface area (TPSA) is 90.9 Å². The Kier molecular flexibility index (Phi) is 10.0. The first-order valence-electron chi connectivity index (χ1n) is 14.6. The number of benzene rings is 4. The second-order valence-corrected chi connectivity index (χ2v) is 10.7. The third-order valence-corrected chi connectivity index (χ3v) is 7.70. The number of piperidine rings is 1. The molecule has 0 radical (unpaired) electrons. The number of para-hydroxylation sites is 1. The van der Waals surface area contributed by atoms with Crippen molar-refractivity contribution in [1.29, 1.82) is 0 Å². The van der Waals surface area contributed by atoms with Gasteiger partial charge in [-0.25, -0.2) is 9.18 Å². The Labute approximate surface area is 251 Å². The first-order valence-corrected chi connectivity index (χ1v) is 14.6. The number of halogens is 1. The standard InChI is InChI=1S/C35H36FN3O4/c36-31-15-14-28(24-33(31)40)34(41)37-20-16-25-10-12-26(13-11-25)17-21-39-22-18-29(19-23-39)43-35(42)38-32-9-5-4-8-30(32)27-6-2-1-3-7-27/h1-15,24,29,40H,16-23H2,(H,37,41)(H,38,42). The van der Waals surface area contributed by atoms with Crippen LogP contribution in [0.2, 0.25) is 0 Å². The van der Waals surface area contributed by atoms with Gasteiger partial charge in [0.05, 0.1) is 5.69 Å². The summed E-state index contributed by atoms with van der Waals surface area (Å²) in [6, 6.07) is 29.6. The molecule has 1 saturated heterocycles. The van der Waals surface area contributed by atoms with Crippen molar-refractivity contribution in [3.05, 3.63) is 120 Å². The highest BCUT2D eigenvalue weighted by atomic mass is 19.1. The van der Waals surface area contributed by atoms with Gasteiger partial charge in [-0.05, 0) is 66.6 Å². The lowest BCUT2D eigenvalue weighted by Gasteiger charge is -2.31. The summed E-state index contributed by atoms with van der Waals surface area (Å²) >= 11 is 0. The monoisotopic (exact) mass is 581 g/mol. The number of nitrogens with zero attached hydrogens (tertiary/aromatic N) is 1. The lowest BCUT2D eigenvalue weighted by Crippen LogP contribution is -2.39. The zero-order chi connectivity index (χ0) is 30.0. The summed E-state index contributed by atoms with van der Waals surface area (Å²) < 4.78 is 19.0. The molecule has 7 nitrogen and oxygen atoms in total. The van der Waals surface area contributed by atoms with Crippen LogP contribution in [-0.2, 0) is 17.6 Å². The molecular weight excluding hydrogens is 545 g/mol. The summed E-state index contributed by atoms with van der Waals surface area (Å²) in [5.41, 5.74) is 5.29. The van der Waals surface area contributed by atoms with Gasteiger partial charge in [0, 0.05) is 37.3 Å². The van der Waals surface area contributed by atoms with Crippen molar-refractivity contribution in [3.8, 4) is 16.9 Å². The van der Waals surface area contributed by atoms with E-state index in [1.54, 1.807) is 0 Å². The average Bonchev–Trinajstić information content (AvgIpc) is 3.03. The molecule has 1 heterocycles. The molecule has 2 amide bonds. The van der Waals surface area contributed by atoms with Crippen molar-refractivity contribution in [2.45, 2.75) is 31.8 Å². The number of hydrogen-bond acceptors (Lipinski definition) is 5. The average molecular weight is 582 g/mol. The van der Waals surface area contributed by atoms with Crippen molar-refractivity contribution in [2.75, 3.05) is 31.5 Å². The van der Waals surface area contributed by atoms with E-state index in [2.05, 4.69) is 39.8 Å². The minimum Gasteiger partial charge on any atom is -0.505 e. The summed E-state index contributed by atoms with van der Waals surface area (Å²) in [6.07, 6.45) is 2.67. The van der Waals surface area contributed by atoms with Gasteiger partial charge in [-0.3, -0.25) is 10.1 Å². The maximum atomic E-state index is 13.2. The molecule has 5 rings (SSSR count). The summed E-state index contributed by atoms with van der Waals surface area (Å²) in [5, 5.41) is 15.2. The summed E-state index contributed by atoms with van der Waals surface area (Å²) in [7, 11) is 0. The first kappa shape index (κ1) is 29.8. The number of rotatable bonds is 10. The Bertz CT molecular complexity index is 1520. The second kappa shape index (κ2) is 14.5. The molecule has 8 heteroatoms. The van der Waals surface area contributed by atoms with E-state index < -0.39 is 17.7 Å². The van der Waals surface area contributed by atoms with Gasteiger partial charge in [0.15, 0.2) is 11.6 Å². The van der Waals surface area contributed by atoms with Crippen molar-refractivity contribution in [3.63, 3.8) is 0 Å². The smallest absolute Gasteiger partial charge is 0.411 e. The molecule has 3 N–H and O–H groups in total. The van der Waals surface area contributed by atoms with Crippen LogP contribution in [0.15, 0.2) is 97.1 Å². The van der Waals surface area contributed by atoms with Crippen molar-refractivity contribution < 1.29 is 23.8 Å². The van der Waals surface area contributed by atoms with Gasteiger partial charge in [-0.2, -0.15) is 0 Å². The fraction of sp³-hybridized carbons (Fsp3) is 0.257. The predicted molar refractivity (Wildman–Crippen MR) is 166 cm³/mol. The third-order valence-electron chi connectivity index (χ3n) is 7.70. The van der Waals surface area contributed by atoms with E-state index in [4.69, 9.17) is 4.74 Å². The Morgan fingerprint density at radius 2 is 1.53 bits per heavy atom. The molecule has 1 aliphatic heterocycles. The Morgan fingerprint density at radius 1 is 0.860 bits per heavy atom. The molecule has 0 aromatic heterocycles. The first-order chi connectivity index (χ1) is 20.9. The number of carbonyl (C=O) groups excluding carboxylic acids is 2. The molecule has 1 aliphatic rings. The number of aromatic hydroxyl groups is 1. The third kappa shape index (κ3) is 8.42.